The second-order valence-electron chi connectivity index (χ2n) is 6.44. The van der Waals surface area contributed by atoms with Crippen LogP contribution in [0.1, 0.15) is 0 Å². The maximum absolute atomic E-state index is 8.84. The Bertz CT molecular complexity index is 1080. The molecule has 0 bridgehead atoms. The van der Waals surface area contributed by atoms with Crippen molar-refractivity contribution in [3.8, 4) is 16.8 Å². The number of benzene rings is 2. The average molecular weight is 409 g/mol. The first-order chi connectivity index (χ1) is 14.3. The second-order valence-corrected chi connectivity index (χ2v) is 6.88. The fourth-order valence-electron chi connectivity index (χ4n) is 3.24. The third-order valence-electron chi connectivity index (χ3n) is 4.55. The zero-order chi connectivity index (χ0) is 20.1. The second kappa shape index (κ2) is 9.05. The zero-order valence-electron chi connectivity index (χ0n) is 15.8. The molecule has 0 aliphatic heterocycles. The summed E-state index contributed by atoms with van der Waals surface area (Å²) in [6.07, 6.45) is 3.63. The number of hydrogen-bond donors (Lipinski definition) is 2. The smallest absolute Gasteiger partial charge is 0.150 e. The summed E-state index contributed by atoms with van der Waals surface area (Å²) in [6, 6.07) is 17.8. The van der Waals surface area contributed by atoms with Crippen LogP contribution in [0, 0.1) is 0 Å². The highest BCUT2D eigenvalue weighted by molar-refractivity contribution is 6.30. The third kappa shape index (κ3) is 4.24. The molecule has 148 valence electrons. The molecule has 2 N–H and O–H groups in total. The fourth-order valence-corrected chi connectivity index (χ4v) is 3.37. The minimum Gasteiger partial charge on any atom is -0.394 e. The van der Waals surface area contributed by atoms with E-state index in [1.54, 1.807) is 6.33 Å². The number of hydrogen-bond acceptors (Lipinski definition) is 5. The van der Waals surface area contributed by atoms with Gasteiger partial charge < -0.3 is 19.7 Å². The summed E-state index contributed by atoms with van der Waals surface area (Å²) < 4.78 is 7.39. The van der Waals surface area contributed by atoms with Crippen molar-refractivity contribution in [3.05, 3.63) is 72.1 Å². The van der Waals surface area contributed by atoms with E-state index in [0.717, 1.165) is 33.7 Å². The third-order valence-corrected chi connectivity index (χ3v) is 4.80. The Morgan fingerprint density at radius 3 is 2.55 bits per heavy atom. The largest absolute Gasteiger partial charge is 0.394 e. The van der Waals surface area contributed by atoms with Crippen LogP contribution in [0.5, 0.6) is 0 Å². The predicted molar refractivity (Wildman–Crippen MR) is 116 cm³/mol. The molecule has 0 amide bonds. The number of fused-ring (bicyclic) bond motifs is 1. The predicted octanol–water partition coefficient (Wildman–Crippen LogP) is 4.16. The molecule has 0 aliphatic carbocycles. The van der Waals surface area contributed by atoms with E-state index in [1.807, 2.05) is 47.0 Å². The van der Waals surface area contributed by atoms with Crippen molar-refractivity contribution in [1.82, 2.24) is 14.5 Å². The lowest BCUT2D eigenvalue weighted by atomic mass is 10.1. The summed E-state index contributed by atoms with van der Waals surface area (Å²) in [6.45, 7) is 1.39. The quantitative estimate of drug-likeness (QED) is 0.428. The molecule has 0 unspecified atom stereocenters. The van der Waals surface area contributed by atoms with Crippen molar-refractivity contribution in [2.75, 3.05) is 31.7 Å². The molecule has 2 aromatic heterocycles. The summed E-state index contributed by atoms with van der Waals surface area (Å²) in [5, 5.41) is 13.8. The number of aromatic nitrogens is 3. The highest BCUT2D eigenvalue weighted by atomic mass is 35.5. The van der Waals surface area contributed by atoms with Crippen LogP contribution in [0.3, 0.4) is 0 Å². The van der Waals surface area contributed by atoms with Crippen molar-refractivity contribution in [1.29, 1.82) is 0 Å². The van der Waals surface area contributed by atoms with Crippen LogP contribution in [0.25, 0.3) is 27.8 Å². The van der Waals surface area contributed by atoms with Crippen molar-refractivity contribution in [2.45, 2.75) is 0 Å². The Balaban J connectivity index is 1.79. The topological polar surface area (TPSA) is 72.2 Å². The monoisotopic (exact) mass is 408 g/mol. The first kappa shape index (κ1) is 19.4. The number of nitrogens with zero attached hydrogens (tertiary/aromatic N) is 3. The van der Waals surface area contributed by atoms with Crippen molar-refractivity contribution < 1.29 is 9.84 Å². The lowest BCUT2D eigenvalue weighted by molar-refractivity contribution is 0.0992. The molecule has 4 aromatic rings. The van der Waals surface area contributed by atoms with Gasteiger partial charge in [-0.3, -0.25) is 0 Å². The highest BCUT2D eigenvalue weighted by Crippen LogP contribution is 2.35. The zero-order valence-corrected chi connectivity index (χ0v) is 16.5. The molecule has 0 fully saturated rings. The number of anilines is 1. The Morgan fingerprint density at radius 2 is 1.79 bits per heavy atom. The van der Waals surface area contributed by atoms with Gasteiger partial charge in [-0.05, 0) is 29.8 Å². The summed E-state index contributed by atoms with van der Waals surface area (Å²) in [7, 11) is 0. The van der Waals surface area contributed by atoms with Crippen LogP contribution in [-0.4, -0.2) is 46.0 Å². The van der Waals surface area contributed by atoms with E-state index >= 15 is 0 Å². The minimum absolute atomic E-state index is 0.0137. The number of ether oxygens (including phenoxy) is 1. The SMILES string of the molecule is OCCOCCNc1ncnc2c1c(-c1ccccc1)cn2-c1ccc(Cl)cc1. The van der Waals surface area contributed by atoms with E-state index in [-0.39, 0.29) is 6.61 Å². The van der Waals surface area contributed by atoms with Gasteiger partial charge in [-0.15, -0.1) is 0 Å². The molecular formula is C22H21ClN4O2. The molecule has 0 saturated heterocycles. The van der Waals surface area contributed by atoms with Gasteiger partial charge in [0.2, 0.25) is 0 Å². The van der Waals surface area contributed by atoms with Gasteiger partial charge in [0.05, 0.1) is 25.2 Å². The van der Waals surface area contributed by atoms with Crippen LogP contribution in [0.2, 0.25) is 5.02 Å². The van der Waals surface area contributed by atoms with Crippen molar-refractivity contribution >= 4 is 28.5 Å². The Kier molecular flexibility index (Phi) is 6.05. The van der Waals surface area contributed by atoms with E-state index in [9.17, 15) is 0 Å². The van der Waals surface area contributed by atoms with E-state index < -0.39 is 0 Å². The first-order valence-corrected chi connectivity index (χ1v) is 9.75. The molecule has 4 rings (SSSR count). The maximum Gasteiger partial charge on any atom is 0.150 e. The fraction of sp³-hybridized carbons (Fsp3) is 0.182. The Morgan fingerprint density at radius 1 is 1.00 bits per heavy atom. The minimum atomic E-state index is 0.0137. The molecule has 7 heteroatoms. The van der Waals surface area contributed by atoms with Gasteiger partial charge in [0, 0.05) is 29.0 Å². The Labute approximate surface area is 173 Å². The van der Waals surface area contributed by atoms with Crippen molar-refractivity contribution in [3.63, 3.8) is 0 Å². The standard InChI is InChI=1S/C22H21ClN4O2/c23-17-6-8-18(9-7-17)27-14-19(16-4-2-1-3-5-16)20-21(25-15-26-22(20)27)24-10-12-29-13-11-28/h1-9,14-15,28H,10-13H2,(H,24,25,26). The highest BCUT2D eigenvalue weighted by Gasteiger charge is 2.17. The number of aliphatic hydroxyl groups is 1. The molecule has 2 aromatic carbocycles. The van der Waals surface area contributed by atoms with E-state index in [1.165, 1.54) is 0 Å². The van der Waals surface area contributed by atoms with Gasteiger partial charge in [0.15, 0.2) is 5.65 Å². The van der Waals surface area contributed by atoms with Crippen LogP contribution >= 0.6 is 11.6 Å². The number of aliphatic hydroxyl groups excluding tert-OH is 1. The van der Waals surface area contributed by atoms with Gasteiger partial charge in [-0.1, -0.05) is 41.9 Å². The van der Waals surface area contributed by atoms with Crippen LogP contribution in [0.15, 0.2) is 67.1 Å². The van der Waals surface area contributed by atoms with Gasteiger partial charge in [-0.2, -0.15) is 0 Å². The molecule has 6 nitrogen and oxygen atoms in total. The molecule has 0 spiro atoms. The average Bonchev–Trinajstić information content (AvgIpc) is 3.15. The van der Waals surface area contributed by atoms with E-state index in [0.29, 0.717) is 24.8 Å². The Hall–Kier alpha value is -2.93. The summed E-state index contributed by atoms with van der Waals surface area (Å²) >= 11 is 6.06. The van der Waals surface area contributed by atoms with Crippen LogP contribution in [-0.2, 0) is 4.74 Å². The molecule has 0 radical (unpaired) electrons. The van der Waals surface area contributed by atoms with Gasteiger partial charge >= 0.3 is 0 Å². The number of nitrogens with one attached hydrogen (secondary N) is 1. The first-order valence-electron chi connectivity index (χ1n) is 9.38. The van der Waals surface area contributed by atoms with Gasteiger partial charge in [0.25, 0.3) is 0 Å². The summed E-state index contributed by atoms with van der Waals surface area (Å²) in [5.74, 6) is 0.745. The molecule has 0 saturated carbocycles. The van der Waals surface area contributed by atoms with Crippen molar-refractivity contribution in [2.24, 2.45) is 0 Å². The molecule has 0 aliphatic rings. The van der Waals surface area contributed by atoms with Crippen LogP contribution in [0.4, 0.5) is 5.82 Å². The van der Waals surface area contributed by atoms with E-state index in [2.05, 4.69) is 33.6 Å². The molecule has 2 heterocycles. The lowest BCUT2D eigenvalue weighted by Crippen LogP contribution is -2.12. The lowest BCUT2D eigenvalue weighted by Gasteiger charge is -2.09. The summed E-state index contributed by atoms with van der Waals surface area (Å²) in [5.41, 5.74) is 3.90. The van der Waals surface area contributed by atoms with E-state index in [4.69, 9.17) is 21.4 Å². The normalized spacial score (nSPS) is 11.1. The van der Waals surface area contributed by atoms with Crippen LogP contribution < -0.4 is 5.32 Å². The molecular weight excluding hydrogens is 388 g/mol. The maximum atomic E-state index is 8.84. The van der Waals surface area contributed by atoms with Gasteiger partial charge in [-0.25, -0.2) is 9.97 Å². The van der Waals surface area contributed by atoms with Gasteiger partial charge in [0.1, 0.15) is 12.1 Å². The summed E-state index contributed by atoms with van der Waals surface area (Å²) in [4.78, 5) is 9.03. The number of halogens is 1. The molecule has 0 atom stereocenters. The number of rotatable bonds is 8. The molecule has 29 heavy (non-hydrogen) atoms.